The highest BCUT2D eigenvalue weighted by molar-refractivity contribution is 7.15. The van der Waals surface area contributed by atoms with E-state index in [9.17, 15) is 22.8 Å². The van der Waals surface area contributed by atoms with Gasteiger partial charge in [0.1, 0.15) is 5.56 Å². The van der Waals surface area contributed by atoms with Crippen molar-refractivity contribution in [2.24, 2.45) is 0 Å². The Labute approximate surface area is 147 Å². The number of nitrogens with zero attached hydrogens (tertiary/aromatic N) is 2. The van der Waals surface area contributed by atoms with Crippen LogP contribution in [-0.4, -0.2) is 15.3 Å². The number of amides is 1. The van der Waals surface area contributed by atoms with Crippen LogP contribution in [0.15, 0.2) is 34.6 Å². The van der Waals surface area contributed by atoms with Crippen molar-refractivity contribution in [2.45, 2.75) is 13.1 Å². The number of hydrogen-bond acceptors (Lipinski definition) is 4. The summed E-state index contributed by atoms with van der Waals surface area (Å²) in [4.78, 5) is 29.2. The molecule has 0 aliphatic carbocycles. The molecule has 2 aromatic heterocycles. The average molecular weight is 388 g/mol. The standard InChI is InChI=1S/C15H9ClF3N3O2S/c1-7-6-25-14-20-5-9(13(24)22(7)14)12(23)21-11-4-8(15(17,18)19)2-3-10(11)16/h2-6H,1H3,(H,21,23). The minimum absolute atomic E-state index is 0.0813. The number of fused-ring (bicyclic) bond motifs is 1. The van der Waals surface area contributed by atoms with E-state index < -0.39 is 23.2 Å². The third-order valence-corrected chi connectivity index (χ3v) is 4.69. The average Bonchev–Trinajstić information content (AvgIpc) is 2.90. The van der Waals surface area contributed by atoms with Crippen molar-refractivity contribution in [1.82, 2.24) is 9.38 Å². The number of rotatable bonds is 2. The van der Waals surface area contributed by atoms with E-state index in [-0.39, 0.29) is 16.3 Å². The zero-order chi connectivity index (χ0) is 18.4. The lowest BCUT2D eigenvalue weighted by molar-refractivity contribution is -0.137. The first-order valence-corrected chi connectivity index (χ1v) is 8.08. The molecule has 0 saturated heterocycles. The molecule has 25 heavy (non-hydrogen) atoms. The lowest BCUT2D eigenvalue weighted by Gasteiger charge is -2.11. The van der Waals surface area contributed by atoms with E-state index in [1.165, 1.54) is 15.7 Å². The van der Waals surface area contributed by atoms with Crippen molar-refractivity contribution in [3.05, 3.63) is 62.0 Å². The first kappa shape index (κ1) is 17.4. The number of carbonyl (C=O) groups excluding carboxylic acids is 1. The van der Waals surface area contributed by atoms with E-state index in [4.69, 9.17) is 11.6 Å². The Morgan fingerprint density at radius 3 is 2.76 bits per heavy atom. The Kier molecular flexibility index (Phi) is 4.29. The molecule has 0 aliphatic rings. The lowest BCUT2D eigenvalue weighted by Crippen LogP contribution is -2.26. The molecule has 2 heterocycles. The quantitative estimate of drug-likeness (QED) is 0.723. The molecule has 1 amide bonds. The summed E-state index contributed by atoms with van der Waals surface area (Å²) in [5, 5.41) is 3.86. The van der Waals surface area contributed by atoms with Crippen LogP contribution in [0.4, 0.5) is 18.9 Å². The number of thiazole rings is 1. The molecule has 1 aromatic carbocycles. The fourth-order valence-electron chi connectivity index (χ4n) is 2.17. The van der Waals surface area contributed by atoms with Crippen LogP contribution in [-0.2, 0) is 6.18 Å². The summed E-state index contributed by atoms with van der Waals surface area (Å²) in [6, 6.07) is 2.53. The van der Waals surface area contributed by atoms with Crippen molar-refractivity contribution in [3.8, 4) is 0 Å². The fourth-order valence-corrected chi connectivity index (χ4v) is 3.16. The minimum Gasteiger partial charge on any atom is -0.320 e. The van der Waals surface area contributed by atoms with E-state index in [2.05, 4.69) is 10.3 Å². The number of halogens is 4. The molecular formula is C15H9ClF3N3O2S. The normalized spacial score (nSPS) is 11.7. The molecule has 0 radical (unpaired) electrons. The highest BCUT2D eigenvalue weighted by Crippen LogP contribution is 2.33. The number of aryl methyl sites for hydroxylation is 1. The molecule has 3 aromatic rings. The largest absolute Gasteiger partial charge is 0.416 e. The first-order chi connectivity index (χ1) is 11.7. The topological polar surface area (TPSA) is 63.5 Å². The maximum Gasteiger partial charge on any atom is 0.416 e. The van der Waals surface area contributed by atoms with Gasteiger partial charge in [-0.2, -0.15) is 13.2 Å². The van der Waals surface area contributed by atoms with Crippen LogP contribution in [0.5, 0.6) is 0 Å². The summed E-state index contributed by atoms with van der Waals surface area (Å²) in [6.07, 6.45) is -3.50. The van der Waals surface area contributed by atoms with Gasteiger partial charge in [0.05, 0.1) is 16.3 Å². The van der Waals surface area contributed by atoms with Crippen LogP contribution in [0.3, 0.4) is 0 Å². The van der Waals surface area contributed by atoms with Crippen molar-refractivity contribution >= 4 is 39.5 Å². The van der Waals surface area contributed by atoms with Gasteiger partial charge in [-0.05, 0) is 25.1 Å². The number of hydrogen-bond donors (Lipinski definition) is 1. The summed E-state index contributed by atoms with van der Waals surface area (Å²) in [6.45, 7) is 1.68. The van der Waals surface area contributed by atoms with Crippen LogP contribution in [0.25, 0.3) is 4.96 Å². The minimum atomic E-state index is -4.59. The number of aromatic nitrogens is 2. The molecule has 0 aliphatic heterocycles. The van der Waals surface area contributed by atoms with Gasteiger partial charge in [-0.15, -0.1) is 11.3 Å². The number of benzene rings is 1. The van der Waals surface area contributed by atoms with Gasteiger partial charge in [-0.1, -0.05) is 11.6 Å². The maximum atomic E-state index is 12.8. The fraction of sp³-hybridized carbons (Fsp3) is 0.133. The Morgan fingerprint density at radius 2 is 2.08 bits per heavy atom. The van der Waals surface area contributed by atoms with Crippen LogP contribution >= 0.6 is 22.9 Å². The van der Waals surface area contributed by atoms with Gasteiger partial charge in [0.25, 0.3) is 11.5 Å². The lowest BCUT2D eigenvalue weighted by atomic mass is 10.2. The molecule has 0 atom stereocenters. The van der Waals surface area contributed by atoms with E-state index in [1.54, 1.807) is 12.3 Å². The summed E-state index contributed by atoms with van der Waals surface area (Å²) in [5.41, 5.74) is -1.51. The van der Waals surface area contributed by atoms with Crippen molar-refractivity contribution in [3.63, 3.8) is 0 Å². The Balaban J connectivity index is 2.00. The molecule has 5 nitrogen and oxygen atoms in total. The number of alkyl halides is 3. The monoisotopic (exact) mass is 387 g/mol. The van der Waals surface area contributed by atoms with Crippen molar-refractivity contribution in [1.29, 1.82) is 0 Å². The third-order valence-electron chi connectivity index (χ3n) is 3.40. The van der Waals surface area contributed by atoms with Crippen LogP contribution in [0, 0.1) is 6.92 Å². The summed E-state index contributed by atoms with van der Waals surface area (Å²) < 4.78 is 39.6. The zero-order valence-corrected chi connectivity index (χ0v) is 14.1. The zero-order valence-electron chi connectivity index (χ0n) is 12.5. The second-order valence-electron chi connectivity index (χ2n) is 5.12. The molecule has 3 rings (SSSR count). The van der Waals surface area contributed by atoms with Crippen molar-refractivity contribution < 1.29 is 18.0 Å². The van der Waals surface area contributed by atoms with E-state index in [0.29, 0.717) is 16.7 Å². The summed E-state index contributed by atoms with van der Waals surface area (Å²) in [7, 11) is 0. The van der Waals surface area contributed by atoms with Crippen LogP contribution in [0.1, 0.15) is 21.6 Å². The molecular weight excluding hydrogens is 379 g/mol. The first-order valence-electron chi connectivity index (χ1n) is 6.82. The molecule has 1 N–H and O–H groups in total. The van der Waals surface area contributed by atoms with Gasteiger partial charge >= 0.3 is 6.18 Å². The SMILES string of the molecule is Cc1csc2ncc(C(=O)Nc3cc(C(F)(F)F)ccc3Cl)c(=O)n12. The van der Waals surface area contributed by atoms with Crippen molar-refractivity contribution in [2.75, 3.05) is 5.32 Å². The highest BCUT2D eigenvalue weighted by atomic mass is 35.5. The number of carbonyl (C=O) groups is 1. The molecule has 0 bridgehead atoms. The predicted octanol–water partition coefficient (Wildman–Crippen LogP) is 3.99. The van der Waals surface area contributed by atoms with Gasteiger partial charge in [-0.3, -0.25) is 14.0 Å². The van der Waals surface area contributed by atoms with Gasteiger partial charge in [0.2, 0.25) is 0 Å². The van der Waals surface area contributed by atoms with E-state index in [0.717, 1.165) is 18.3 Å². The highest BCUT2D eigenvalue weighted by Gasteiger charge is 2.31. The van der Waals surface area contributed by atoms with Gasteiger partial charge < -0.3 is 5.32 Å². The Morgan fingerprint density at radius 1 is 1.36 bits per heavy atom. The van der Waals surface area contributed by atoms with Gasteiger partial charge in [-0.25, -0.2) is 4.98 Å². The predicted molar refractivity (Wildman–Crippen MR) is 88.5 cm³/mol. The smallest absolute Gasteiger partial charge is 0.320 e. The summed E-state index contributed by atoms with van der Waals surface area (Å²) >= 11 is 7.07. The van der Waals surface area contributed by atoms with E-state index in [1.807, 2.05) is 0 Å². The molecule has 130 valence electrons. The summed E-state index contributed by atoms with van der Waals surface area (Å²) in [5.74, 6) is -0.890. The van der Waals surface area contributed by atoms with Crippen LogP contribution in [0.2, 0.25) is 5.02 Å². The molecule has 0 saturated carbocycles. The van der Waals surface area contributed by atoms with Gasteiger partial charge in [0.15, 0.2) is 4.96 Å². The Bertz CT molecular complexity index is 1040. The third kappa shape index (κ3) is 3.24. The number of nitrogens with one attached hydrogen (secondary N) is 1. The van der Waals surface area contributed by atoms with Crippen LogP contribution < -0.4 is 10.9 Å². The van der Waals surface area contributed by atoms with Gasteiger partial charge in [0, 0.05) is 17.3 Å². The van der Waals surface area contributed by atoms with E-state index >= 15 is 0 Å². The molecule has 0 spiro atoms. The molecule has 10 heteroatoms. The molecule has 0 fully saturated rings. The second-order valence-corrected chi connectivity index (χ2v) is 6.36. The number of anilines is 1. The Hall–Kier alpha value is -2.39. The maximum absolute atomic E-state index is 12.8. The second kappa shape index (κ2) is 6.16. The molecule has 0 unspecified atom stereocenters.